The number of rotatable bonds is 4. The fourth-order valence-corrected chi connectivity index (χ4v) is 2.76. The topological polar surface area (TPSA) is 42.7 Å². The zero-order valence-electron chi connectivity index (χ0n) is 10.1. The van der Waals surface area contributed by atoms with Gasteiger partial charge >= 0.3 is 0 Å². The Morgan fingerprint density at radius 1 is 1.39 bits per heavy atom. The molecule has 3 heterocycles. The van der Waals surface area contributed by atoms with Crippen LogP contribution in [0.3, 0.4) is 0 Å². The van der Waals surface area contributed by atoms with Gasteiger partial charge in [-0.25, -0.2) is 4.98 Å². The van der Waals surface area contributed by atoms with Crippen molar-refractivity contribution in [3.63, 3.8) is 0 Å². The van der Waals surface area contributed by atoms with Crippen LogP contribution < -0.4 is 5.32 Å². The molecule has 1 atom stereocenters. The quantitative estimate of drug-likeness (QED) is 0.782. The molecule has 0 spiro atoms. The second kappa shape index (κ2) is 4.78. The van der Waals surface area contributed by atoms with Gasteiger partial charge in [-0.2, -0.15) is 5.10 Å². The summed E-state index contributed by atoms with van der Waals surface area (Å²) in [5.74, 6) is 0.952. The van der Waals surface area contributed by atoms with Crippen molar-refractivity contribution in [2.45, 2.75) is 19.5 Å². The number of aromatic nitrogens is 3. The molecule has 0 saturated carbocycles. The molecular weight excluding hydrogens is 244 g/mol. The number of nitrogens with one attached hydrogen (secondary N) is 1. The molecule has 18 heavy (non-hydrogen) atoms. The number of nitrogens with zero attached hydrogens (tertiary/aromatic N) is 3. The number of thiophene rings is 1. The van der Waals surface area contributed by atoms with Crippen molar-refractivity contribution in [1.82, 2.24) is 14.8 Å². The first-order valence-corrected chi connectivity index (χ1v) is 6.77. The molecule has 3 aromatic rings. The van der Waals surface area contributed by atoms with Gasteiger partial charge in [-0.05, 0) is 30.5 Å². The van der Waals surface area contributed by atoms with Gasteiger partial charge in [0.05, 0.1) is 6.54 Å². The van der Waals surface area contributed by atoms with Crippen LogP contribution in [0.2, 0.25) is 0 Å². The van der Waals surface area contributed by atoms with Crippen molar-refractivity contribution in [2.75, 3.05) is 5.32 Å². The van der Waals surface area contributed by atoms with Crippen LogP contribution in [0.15, 0.2) is 42.2 Å². The van der Waals surface area contributed by atoms with Gasteiger partial charge in [0.2, 0.25) is 0 Å². The number of fused-ring (bicyclic) bond motifs is 1. The lowest BCUT2D eigenvalue weighted by Crippen LogP contribution is -2.22. The molecule has 0 aromatic carbocycles. The number of anilines is 1. The lowest BCUT2D eigenvalue weighted by molar-refractivity contribution is 0.560. The van der Waals surface area contributed by atoms with E-state index in [9.17, 15) is 0 Å². The van der Waals surface area contributed by atoms with Gasteiger partial charge in [0.1, 0.15) is 5.82 Å². The summed E-state index contributed by atoms with van der Waals surface area (Å²) >= 11 is 1.74. The lowest BCUT2D eigenvalue weighted by Gasteiger charge is -2.15. The molecule has 1 unspecified atom stereocenters. The minimum atomic E-state index is 0.280. The van der Waals surface area contributed by atoms with E-state index < -0.39 is 0 Å². The van der Waals surface area contributed by atoms with Crippen molar-refractivity contribution in [2.24, 2.45) is 0 Å². The van der Waals surface area contributed by atoms with Crippen molar-refractivity contribution < 1.29 is 0 Å². The van der Waals surface area contributed by atoms with Crippen LogP contribution in [0, 0.1) is 0 Å². The van der Waals surface area contributed by atoms with E-state index in [4.69, 9.17) is 0 Å². The summed E-state index contributed by atoms with van der Waals surface area (Å²) < 4.78 is 3.18. The average Bonchev–Trinajstić information content (AvgIpc) is 2.99. The molecule has 4 nitrogen and oxygen atoms in total. The van der Waals surface area contributed by atoms with Crippen LogP contribution >= 0.6 is 11.3 Å². The Balaban J connectivity index is 1.77. The molecule has 0 saturated heterocycles. The second-order valence-corrected chi connectivity index (χ2v) is 5.21. The molecule has 5 heteroatoms. The third-order valence-electron chi connectivity index (χ3n) is 2.78. The van der Waals surface area contributed by atoms with E-state index in [-0.39, 0.29) is 6.04 Å². The summed E-state index contributed by atoms with van der Waals surface area (Å²) in [6, 6.07) is 6.37. The molecule has 0 aliphatic heterocycles. The van der Waals surface area contributed by atoms with Crippen molar-refractivity contribution in [1.29, 1.82) is 0 Å². The third-order valence-corrected chi connectivity index (χ3v) is 3.67. The van der Waals surface area contributed by atoms with Crippen LogP contribution in [-0.4, -0.2) is 20.8 Å². The number of hydrogen-bond donors (Lipinski definition) is 1. The molecule has 0 aliphatic carbocycles. The number of hydrogen-bond acceptors (Lipinski definition) is 4. The Hall–Kier alpha value is -1.88. The molecule has 92 valence electrons. The van der Waals surface area contributed by atoms with Gasteiger partial charge in [-0.3, -0.25) is 4.68 Å². The van der Waals surface area contributed by atoms with Crippen LogP contribution in [-0.2, 0) is 6.54 Å². The minimum Gasteiger partial charge on any atom is -0.365 e. The van der Waals surface area contributed by atoms with Crippen molar-refractivity contribution >= 4 is 27.2 Å². The van der Waals surface area contributed by atoms with Gasteiger partial charge in [-0.15, -0.1) is 11.3 Å². The van der Waals surface area contributed by atoms with Gasteiger partial charge in [0.25, 0.3) is 0 Å². The zero-order valence-corrected chi connectivity index (χ0v) is 10.9. The van der Waals surface area contributed by atoms with E-state index in [0.29, 0.717) is 0 Å². The fourth-order valence-electron chi connectivity index (χ4n) is 1.98. The maximum Gasteiger partial charge on any atom is 0.134 e. The van der Waals surface area contributed by atoms with E-state index in [2.05, 4.69) is 33.8 Å². The fraction of sp³-hybridized carbons (Fsp3) is 0.231. The highest BCUT2D eigenvalue weighted by Gasteiger charge is 2.07. The highest BCUT2D eigenvalue weighted by Crippen LogP contribution is 2.26. The maximum absolute atomic E-state index is 4.41. The van der Waals surface area contributed by atoms with Gasteiger partial charge in [0, 0.05) is 34.7 Å². The summed E-state index contributed by atoms with van der Waals surface area (Å²) in [6.45, 7) is 2.96. The Morgan fingerprint density at radius 2 is 2.33 bits per heavy atom. The summed E-state index contributed by atoms with van der Waals surface area (Å²) in [4.78, 5) is 4.41. The Labute approximate surface area is 109 Å². The Morgan fingerprint density at radius 3 is 3.17 bits per heavy atom. The first-order chi connectivity index (χ1) is 8.83. The minimum absolute atomic E-state index is 0.280. The number of pyridine rings is 1. The molecule has 0 radical (unpaired) electrons. The first-order valence-electron chi connectivity index (χ1n) is 5.89. The van der Waals surface area contributed by atoms with Crippen LogP contribution in [0.4, 0.5) is 5.82 Å². The van der Waals surface area contributed by atoms with Crippen LogP contribution in [0.1, 0.15) is 6.92 Å². The largest absolute Gasteiger partial charge is 0.365 e. The molecule has 3 rings (SSSR count). The van der Waals surface area contributed by atoms with E-state index in [0.717, 1.165) is 12.4 Å². The average molecular weight is 258 g/mol. The van der Waals surface area contributed by atoms with E-state index in [1.54, 1.807) is 17.5 Å². The monoisotopic (exact) mass is 258 g/mol. The van der Waals surface area contributed by atoms with Gasteiger partial charge in [0.15, 0.2) is 0 Å². The smallest absolute Gasteiger partial charge is 0.134 e. The highest BCUT2D eigenvalue weighted by molar-refractivity contribution is 7.17. The first kappa shape index (κ1) is 11.2. The molecule has 0 amide bonds. The van der Waals surface area contributed by atoms with E-state index >= 15 is 0 Å². The van der Waals surface area contributed by atoms with Crippen molar-refractivity contribution in [3.8, 4) is 0 Å². The highest BCUT2D eigenvalue weighted by atomic mass is 32.1. The maximum atomic E-state index is 4.41. The summed E-state index contributed by atoms with van der Waals surface area (Å²) in [5.41, 5.74) is 0. The predicted octanol–water partition coefficient (Wildman–Crippen LogP) is 2.99. The van der Waals surface area contributed by atoms with E-state index in [1.165, 1.54) is 10.1 Å². The summed E-state index contributed by atoms with van der Waals surface area (Å²) in [7, 11) is 0. The van der Waals surface area contributed by atoms with Crippen LogP contribution in [0.5, 0.6) is 0 Å². The molecule has 0 bridgehead atoms. The predicted molar refractivity (Wildman–Crippen MR) is 74.9 cm³/mol. The normalized spacial score (nSPS) is 12.7. The van der Waals surface area contributed by atoms with Crippen LogP contribution in [0.25, 0.3) is 10.1 Å². The zero-order chi connectivity index (χ0) is 12.4. The Kier molecular flexibility index (Phi) is 2.98. The molecular formula is C13H14N4S. The third kappa shape index (κ3) is 2.22. The molecule has 3 aromatic heterocycles. The van der Waals surface area contributed by atoms with Crippen molar-refractivity contribution in [3.05, 3.63) is 42.2 Å². The lowest BCUT2D eigenvalue weighted by atomic mass is 10.3. The Bertz CT molecular complexity index is 629. The molecule has 0 fully saturated rings. The molecule has 1 N–H and O–H groups in total. The molecule has 0 aliphatic rings. The van der Waals surface area contributed by atoms with E-state index in [1.807, 2.05) is 29.2 Å². The van der Waals surface area contributed by atoms with Gasteiger partial charge < -0.3 is 5.32 Å². The SMILES string of the molecule is CC(Cn1cccn1)Nc1nccc2sccc12. The standard InChI is InChI=1S/C13H14N4S/c1-10(9-17-7-2-5-15-17)16-13-11-4-8-18-12(11)3-6-14-13/h2-8,10H,9H2,1H3,(H,14,16). The summed E-state index contributed by atoms with van der Waals surface area (Å²) in [5, 5.41) is 10.9. The second-order valence-electron chi connectivity index (χ2n) is 4.27. The van der Waals surface area contributed by atoms with Gasteiger partial charge in [-0.1, -0.05) is 0 Å². The summed E-state index contributed by atoms with van der Waals surface area (Å²) in [6.07, 6.45) is 5.61.